The summed E-state index contributed by atoms with van der Waals surface area (Å²) in [5, 5.41) is 7.75. The standard InChI is InChI=1S/C20H26N4O2/c1-15(2)17-14-18(24(22-17)16-6-4-3-5-7-16)21-19(25)23-11-8-20(9-12-23)10-13-26-20/h3-7,14-15H,8-13H2,1-2H3,(H,21,25). The molecule has 0 bridgehead atoms. The molecule has 4 rings (SSSR count). The van der Waals surface area contributed by atoms with E-state index in [-0.39, 0.29) is 11.6 Å². The first-order chi connectivity index (χ1) is 12.6. The summed E-state index contributed by atoms with van der Waals surface area (Å²) in [5.74, 6) is 1.01. The molecule has 0 unspecified atom stereocenters. The van der Waals surface area contributed by atoms with Crippen LogP contribution in [0, 0.1) is 0 Å². The van der Waals surface area contributed by atoms with Crippen molar-refractivity contribution in [2.24, 2.45) is 0 Å². The van der Waals surface area contributed by atoms with Gasteiger partial charge in [-0.2, -0.15) is 5.10 Å². The molecule has 1 aromatic carbocycles. The molecule has 6 nitrogen and oxygen atoms in total. The number of hydrogen-bond acceptors (Lipinski definition) is 3. The molecule has 3 heterocycles. The first-order valence-corrected chi connectivity index (χ1v) is 9.42. The van der Waals surface area contributed by atoms with Gasteiger partial charge >= 0.3 is 6.03 Å². The fourth-order valence-electron chi connectivity index (χ4n) is 3.63. The third-order valence-corrected chi connectivity index (χ3v) is 5.48. The fraction of sp³-hybridized carbons (Fsp3) is 0.500. The van der Waals surface area contributed by atoms with E-state index < -0.39 is 0 Å². The Hall–Kier alpha value is -2.34. The van der Waals surface area contributed by atoms with Crippen molar-refractivity contribution >= 4 is 11.8 Å². The second kappa shape index (κ2) is 6.76. The van der Waals surface area contributed by atoms with Crippen molar-refractivity contribution in [2.75, 3.05) is 25.0 Å². The summed E-state index contributed by atoms with van der Waals surface area (Å²) in [6, 6.07) is 11.8. The van der Waals surface area contributed by atoms with E-state index in [0.29, 0.717) is 11.7 Å². The number of hydrogen-bond donors (Lipinski definition) is 1. The number of piperidine rings is 1. The summed E-state index contributed by atoms with van der Waals surface area (Å²) in [6.45, 7) is 6.54. The zero-order chi connectivity index (χ0) is 18.1. The monoisotopic (exact) mass is 354 g/mol. The highest BCUT2D eigenvalue weighted by molar-refractivity contribution is 5.89. The number of aromatic nitrogens is 2. The molecule has 0 radical (unpaired) electrons. The molecule has 2 aromatic rings. The summed E-state index contributed by atoms with van der Waals surface area (Å²) in [7, 11) is 0. The number of carbonyl (C=O) groups excluding carboxylic acids is 1. The zero-order valence-corrected chi connectivity index (χ0v) is 15.4. The number of nitrogens with one attached hydrogen (secondary N) is 1. The maximum atomic E-state index is 12.8. The molecular weight excluding hydrogens is 328 g/mol. The largest absolute Gasteiger partial charge is 0.375 e. The van der Waals surface area contributed by atoms with Crippen LogP contribution in [0.25, 0.3) is 5.69 Å². The number of nitrogens with zero attached hydrogens (tertiary/aromatic N) is 3. The van der Waals surface area contributed by atoms with Gasteiger partial charge in [0, 0.05) is 19.2 Å². The Labute approximate surface area is 154 Å². The van der Waals surface area contributed by atoms with Crippen LogP contribution in [0.3, 0.4) is 0 Å². The minimum Gasteiger partial charge on any atom is -0.375 e. The van der Waals surface area contributed by atoms with E-state index in [1.54, 1.807) is 0 Å². The van der Waals surface area contributed by atoms with Crippen molar-refractivity contribution in [2.45, 2.75) is 44.6 Å². The lowest BCUT2D eigenvalue weighted by atomic mass is 9.84. The van der Waals surface area contributed by atoms with E-state index in [2.05, 4.69) is 24.3 Å². The Morgan fingerprint density at radius 2 is 1.88 bits per heavy atom. The van der Waals surface area contributed by atoms with Gasteiger partial charge in [0.15, 0.2) is 0 Å². The molecule has 138 valence electrons. The molecule has 2 amide bonds. The van der Waals surface area contributed by atoms with E-state index in [1.165, 1.54) is 0 Å². The van der Waals surface area contributed by atoms with E-state index in [9.17, 15) is 4.79 Å². The van der Waals surface area contributed by atoms with Crippen LogP contribution in [0.2, 0.25) is 0 Å². The van der Waals surface area contributed by atoms with E-state index >= 15 is 0 Å². The lowest BCUT2D eigenvalue weighted by Crippen LogP contribution is -2.54. The molecule has 0 atom stereocenters. The molecule has 0 saturated carbocycles. The van der Waals surface area contributed by atoms with Crippen LogP contribution in [0.15, 0.2) is 36.4 Å². The Bertz CT molecular complexity index is 770. The molecule has 2 saturated heterocycles. The second-order valence-electron chi connectivity index (χ2n) is 7.56. The third-order valence-electron chi connectivity index (χ3n) is 5.48. The number of ether oxygens (including phenoxy) is 1. The van der Waals surface area contributed by atoms with Gasteiger partial charge in [0.25, 0.3) is 0 Å². The molecule has 2 fully saturated rings. The van der Waals surface area contributed by atoms with Crippen molar-refractivity contribution in [3.05, 3.63) is 42.1 Å². The highest BCUT2D eigenvalue weighted by Crippen LogP contribution is 2.36. The Balaban J connectivity index is 1.51. The minimum atomic E-state index is -0.0634. The Kier molecular flexibility index (Phi) is 4.44. The van der Waals surface area contributed by atoms with Gasteiger partial charge in [0.2, 0.25) is 0 Å². The number of benzene rings is 1. The van der Waals surface area contributed by atoms with Crippen LogP contribution in [0.1, 0.15) is 44.7 Å². The van der Waals surface area contributed by atoms with E-state index in [4.69, 9.17) is 4.74 Å². The van der Waals surface area contributed by atoms with Gasteiger partial charge in [-0.25, -0.2) is 9.48 Å². The summed E-state index contributed by atoms with van der Waals surface area (Å²) in [4.78, 5) is 14.7. The maximum absolute atomic E-state index is 12.8. The summed E-state index contributed by atoms with van der Waals surface area (Å²) < 4.78 is 7.55. The minimum absolute atomic E-state index is 0.0490. The van der Waals surface area contributed by atoms with Crippen LogP contribution in [0.5, 0.6) is 0 Å². The smallest absolute Gasteiger partial charge is 0.323 e. The Morgan fingerprint density at radius 1 is 1.19 bits per heavy atom. The molecule has 1 aromatic heterocycles. The lowest BCUT2D eigenvalue weighted by Gasteiger charge is -2.47. The van der Waals surface area contributed by atoms with Crippen molar-refractivity contribution in [1.29, 1.82) is 0 Å². The van der Waals surface area contributed by atoms with Crippen molar-refractivity contribution in [1.82, 2.24) is 14.7 Å². The number of carbonyl (C=O) groups is 1. The molecule has 2 aliphatic rings. The first kappa shape index (κ1) is 17.1. The molecule has 26 heavy (non-hydrogen) atoms. The van der Waals surface area contributed by atoms with Crippen LogP contribution in [0.4, 0.5) is 10.6 Å². The third kappa shape index (κ3) is 3.21. The number of likely N-dealkylation sites (tertiary alicyclic amines) is 1. The number of anilines is 1. The van der Waals surface area contributed by atoms with Crippen LogP contribution in [-0.4, -0.2) is 46.0 Å². The van der Waals surface area contributed by atoms with Gasteiger partial charge in [-0.05, 0) is 37.3 Å². The van der Waals surface area contributed by atoms with Crippen molar-refractivity contribution in [3.63, 3.8) is 0 Å². The summed E-state index contributed by atoms with van der Waals surface area (Å²) in [6.07, 6.45) is 2.98. The number of para-hydroxylation sites is 1. The van der Waals surface area contributed by atoms with Crippen LogP contribution >= 0.6 is 0 Å². The predicted molar refractivity (Wildman–Crippen MR) is 101 cm³/mol. The molecule has 2 aliphatic heterocycles. The highest BCUT2D eigenvalue weighted by atomic mass is 16.5. The van der Waals surface area contributed by atoms with E-state index in [1.807, 2.05) is 46.0 Å². The highest BCUT2D eigenvalue weighted by Gasteiger charge is 2.42. The summed E-state index contributed by atoms with van der Waals surface area (Å²) >= 11 is 0. The zero-order valence-electron chi connectivity index (χ0n) is 15.4. The maximum Gasteiger partial charge on any atom is 0.323 e. The van der Waals surface area contributed by atoms with Gasteiger partial charge in [-0.3, -0.25) is 5.32 Å². The quantitative estimate of drug-likeness (QED) is 0.912. The molecule has 1 spiro atoms. The SMILES string of the molecule is CC(C)c1cc(NC(=O)N2CCC3(CCO3)CC2)n(-c2ccccc2)n1. The van der Waals surface area contributed by atoms with Gasteiger partial charge in [0.1, 0.15) is 5.82 Å². The number of rotatable bonds is 3. The molecular formula is C20H26N4O2. The topological polar surface area (TPSA) is 59.4 Å². The lowest BCUT2D eigenvalue weighted by molar-refractivity contribution is -0.168. The molecule has 1 N–H and O–H groups in total. The van der Waals surface area contributed by atoms with Crippen molar-refractivity contribution in [3.8, 4) is 5.69 Å². The van der Waals surface area contributed by atoms with Gasteiger partial charge in [-0.1, -0.05) is 32.0 Å². The summed E-state index contributed by atoms with van der Waals surface area (Å²) in [5.41, 5.74) is 1.95. The first-order valence-electron chi connectivity index (χ1n) is 9.42. The van der Waals surface area contributed by atoms with Gasteiger partial charge in [-0.15, -0.1) is 0 Å². The number of amides is 2. The predicted octanol–water partition coefficient (Wildman–Crippen LogP) is 3.78. The average molecular weight is 354 g/mol. The van der Waals surface area contributed by atoms with E-state index in [0.717, 1.165) is 50.3 Å². The van der Waals surface area contributed by atoms with Gasteiger partial charge < -0.3 is 9.64 Å². The normalized spacial score (nSPS) is 18.8. The van der Waals surface area contributed by atoms with Crippen LogP contribution < -0.4 is 5.32 Å². The van der Waals surface area contributed by atoms with Crippen molar-refractivity contribution < 1.29 is 9.53 Å². The van der Waals surface area contributed by atoms with Crippen LogP contribution in [-0.2, 0) is 4.74 Å². The molecule has 0 aliphatic carbocycles. The second-order valence-corrected chi connectivity index (χ2v) is 7.56. The average Bonchev–Trinajstić information content (AvgIpc) is 3.05. The fourth-order valence-corrected chi connectivity index (χ4v) is 3.63. The number of urea groups is 1. The molecule has 6 heteroatoms. The Morgan fingerprint density at radius 3 is 2.46 bits per heavy atom. The van der Waals surface area contributed by atoms with Gasteiger partial charge in [0.05, 0.1) is 23.6 Å².